The predicted octanol–water partition coefficient (Wildman–Crippen LogP) is 2.35. The second-order valence-corrected chi connectivity index (χ2v) is 4.73. The summed E-state index contributed by atoms with van der Waals surface area (Å²) in [6.45, 7) is 0.0942. The van der Waals surface area contributed by atoms with Gasteiger partial charge in [0.05, 0.1) is 9.77 Å². The van der Waals surface area contributed by atoms with Crippen LogP contribution in [-0.4, -0.2) is 14.8 Å². The van der Waals surface area contributed by atoms with Crippen LogP contribution in [-0.2, 0) is 12.7 Å². The van der Waals surface area contributed by atoms with Crippen LogP contribution in [0.2, 0.25) is 0 Å². The number of aromatic nitrogens is 3. The Morgan fingerprint density at radius 3 is 2.56 bits per heavy atom. The molecule has 2 aromatic rings. The largest absolute Gasteiger partial charge is 0.433 e. The first-order chi connectivity index (χ1) is 8.41. The summed E-state index contributed by atoms with van der Waals surface area (Å²) in [5.41, 5.74) is 5.03. The van der Waals surface area contributed by atoms with Gasteiger partial charge in [0.15, 0.2) is 5.82 Å². The van der Waals surface area contributed by atoms with E-state index in [0.29, 0.717) is 5.56 Å². The monoisotopic (exact) mass is 368 g/mol. The molecule has 0 spiro atoms. The van der Waals surface area contributed by atoms with E-state index in [1.807, 2.05) is 22.6 Å². The molecule has 0 aliphatic heterocycles. The number of halogens is 4. The van der Waals surface area contributed by atoms with E-state index in [4.69, 9.17) is 5.73 Å². The molecule has 0 aromatic carbocycles. The smallest absolute Gasteiger partial charge is 0.326 e. The Morgan fingerprint density at radius 1 is 1.33 bits per heavy atom. The maximum Gasteiger partial charge on any atom is 0.433 e. The quantitative estimate of drug-likeness (QED) is 0.829. The lowest BCUT2D eigenvalue weighted by molar-refractivity contribution is -0.141. The lowest BCUT2D eigenvalue weighted by Crippen LogP contribution is -2.14. The van der Waals surface area contributed by atoms with Crippen molar-refractivity contribution in [3.8, 4) is 5.82 Å². The average molecular weight is 368 g/mol. The van der Waals surface area contributed by atoms with Crippen LogP contribution in [0, 0.1) is 3.57 Å². The highest BCUT2D eigenvalue weighted by atomic mass is 127. The van der Waals surface area contributed by atoms with Crippen molar-refractivity contribution >= 4 is 22.6 Å². The molecule has 0 saturated carbocycles. The summed E-state index contributed by atoms with van der Waals surface area (Å²) in [7, 11) is 0. The number of hydrogen-bond acceptors (Lipinski definition) is 3. The van der Waals surface area contributed by atoms with Crippen LogP contribution in [0.1, 0.15) is 11.3 Å². The fourth-order valence-corrected chi connectivity index (χ4v) is 1.80. The highest BCUT2D eigenvalue weighted by Gasteiger charge is 2.33. The second-order valence-electron chi connectivity index (χ2n) is 3.48. The SMILES string of the molecule is NCc1ccc(C(F)(F)F)nc1-n1cc(I)cn1. The first-order valence-electron chi connectivity index (χ1n) is 4.89. The van der Waals surface area contributed by atoms with E-state index in [-0.39, 0.29) is 12.4 Å². The van der Waals surface area contributed by atoms with Crippen LogP contribution in [0.4, 0.5) is 13.2 Å². The van der Waals surface area contributed by atoms with E-state index in [9.17, 15) is 13.2 Å². The molecule has 2 N–H and O–H groups in total. The Morgan fingerprint density at radius 2 is 2.06 bits per heavy atom. The highest BCUT2D eigenvalue weighted by molar-refractivity contribution is 14.1. The van der Waals surface area contributed by atoms with Crippen molar-refractivity contribution in [2.45, 2.75) is 12.7 Å². The van der Waals surface area contributed by atoms with Crippen LogP contribution in [0.25, 0.3) is 5.82 Å². The molecular formula is C10H8F3IN4. The van der Waals surface area contributed by atoms with E-state index < -0.39 is 11.9 Å². The molecular weight excluding hydrogens is 360 g/mol. The van der Waals surface area contributed by atoms with Crippen LogP contribution in [0.3, 0.4) is 0 Å². The van der Waals surface area contributed by atoms with Gasteiger partial charge in [-0.2, -0.15) is 18.3 Å². The van der Waals surface area contributed by atoms with Gasteiger partial charge < -0.3 is 5.73 Å². The number of rotatable bonds is 2. The van der Waals surface area contributed by atoms with Crippen LogP contribution < -0.4 is 5.73 Å². The van der Waals surface area contributed by atoms with Gasteiger partial charge in [-0.3, -0.25) is 0 Å². The molecule has 0 fully saturated rings. The lowest BCUT2D eigenvalue weighted by atomic mass is 10.2. The molecule has 96 valence electrons. The fourth-order valence-electron chi connectivity index (χ4n) is 1.41. The van der Waals surface area contributed by atoms with Crippen molar-refractivity contribution in [3.05, 3.63) is 39.4 Å². The van der Waals surface area contributed by atoms with Gasteiger partial charge in [-0.25, -0.2) is 9.67 Å². The number of hydrogen-bond donors (Lipinski definition) is 1. The van der Waals surface area contributed by atoms with Gasteiger partial charge in [-0.1, -0.05) is 6.07 Å². The van der Waals surface area contributed by atoms with E-state index in [0.717, 1.165) is 9.64 Å². The summed E-state index contributed by atoms with van der Waals surface area (Å²) in [5.74, 6) is 0.107. The minimum atomic E-state index is -4.48. The van der Waals surface area contributed by atoms with Gasteiger partial charge >= 0.3 is 6.18 Å². The number of alkyl halides is 3. The molecule has 2 aromatic heterocycles. The first-order valence-corrected chi connectivity index (χ1v) is 5.97. The van der Waals surface area contributed by atoms with Gasteiger partial charge in [-0.15, -0.1) is 0 Å². The number of nitrogens with zero attached hydrogens (tertiary/aromatic N) is 3. The maximum absolute atomic E-state index is 12.6. The van der Waals surface area contributed by atoms with Crippen molar-refractivity contribution in [3.63, 3.8) is 0 Å². The van der Waals surface area contributed by atoms with Crippen LogP contribution in [0.5, 0.6) is 0 Å². The normalized spacial score (nSPS) is 11.8. The lowest BCUT2D eigenvalue weighted by Gasteiger charge is -2.11. The molecule has 0 unspecified atom stereocenters. The van der Waals surface area contributed by atoms with Crippen LogP contribution >= 0.6 is 22.6 Å². The molecule has 0 saturated heterocycles. The summed E-state index contributed by atoms with van der Waals surface area (Å²) in [4.78, 5) is 3.59. The molecule has 2 heterocycles. The van der Waals surface area contributed by atoms with E-state index in [2.05, 4.69) is 10.1 Å². The third-order valence-corrected chi connectivity index (χ3v) is 2.79. The molecule has 0 aliphatic rings. The van der Waals surface area contributed by atoms with Crippen molar-refractivity contribution in [2.24, 2.45) is 5.73 Å². The average Bonchev–Trinajstić information content (AvgIpc) is 2.73. The summed E-state index contributed by atoms with van der Waals surface area (Å²) in [6, 6.07) is 2.24. The van der Waals surface area contributed by atoms with Gasteiger partial charge in [0.2, 0.25) is 0 Å². The first kappa shape index (κ1) is 13.3. The minimum Gasteiger partial charge on any atom is -0.326 e. The summed E-state index contributed by atoms with van der Waals surface area (Å²) < 4.78 is 39.9. The molecule has 0 aliphatic carbocycles. The van der Waals surface area contributed by atoms with Gasteiger partial charge in [0.25, 0.3) is 0 Å². The van der Waals surface area contributed by atoms with Crippen molar-refractivity contribution in [2.75, 3.05) is 0 Å². The van der Waals surface area contributed by atoms with E-state index in [1.165, 1.54) is 16.9 Å². The summed E-state index contributed by atoms with van der Waals surface area (Å²) in [5, 5.41) is 3.94. The zero-order valence-corrected chi connectivity index (χ0v) is 11.1. The van der Waals surface area contributed by atoms with Crippen molar-refractivity contribution < 1.29 is 13.2 Å². The molecule has 0 radical (unpaired) electrons. The molecule has 2 rings (SSSR count). The minimum absolute atomic E-state index is 0.0942. The third-order valence-electron chi connectivity index (χ3n) is 2.23. The molecule has 8 heteroatoms. The van der Waals surface area contributed by atoms with Gasteiger partial charge in [-0.05, 0) is 28.7 Å². The topological polar surface area (TPSA) is 56.7 Å². The third kappa shape index (κ3) is 2.64. The Balaban J connectivity index is 2.56. The van der Waals surface area contributed by atoms with E-state index in [1.54, 1.807) is 6.20 Å². The fraction of sp³-hybridized carbons (Fsp3) is 0.200. The Labute approximate surface area is 114 Å². The molecule has 0 amide bonds. The Hall–Kier alpha value is -1.16. The van der Waals surface area contributed by atoms with Gasteiger partial charge in [0, 0.05) is 18.3 Å². The summed E-state index contributed by atoms with van der Waals surface area (Å²) in [6.07, 6.45) is -1.37. The Kier molecular flexibility index (Phi) is 3.57. The molecule has 0 atom stereocenters. The van der Waals surface area contributed by atoms with Gasteiger partial charge in [0.1, 0.15) is 5.69 Å². The standard InChI is InChI=1S/C10H8F3IN4/c11-10(12,13)8-2-1-6(3-15)9(17-8)18-5-7(14)4-16-18/h1-2,4-5H,3,15H2. The Bertz CT molecular complexity index is 564. The molecule has 0 bridgehead atoms. The van der Waals surface area contributed by atoms with E-state index >= 15 is 0 Å². The predicted molar refractivity (Wildman–Crippen MR) is 67.0 cm³/mol. The highest BCUT2D eigenvalue weighted by Crippen LogP contribution is 2.29. The van der Waals surface area contributed by atoms with Crippen molar-refractivity contribution in [1.29, 1.82) is 0 Å². The zero-order chi connectivity index (χ0) is 13.3. The molecule has 18 heavy (non-hydrogen) atoms. The number of pyridine rings is 1. The van der Waals surface area contributed by atoms with Crippen molar-refractivity contribution in [1.82, 2.24) is 14.8 Å². The maximum atomic E-state index is 12.6. The zero-order valence-electron chi connectivity index (χ0n) is 8.95. The summed E-state index contributed by atoms with van der Waals surface area (Å²) >= 11 is 2.01. The second kappa shape index (κ2) is 4.84. The van der Waals surface area contributed by atoms with Crippen LogP contribution in [0.15, 0.2) is 24.5 Å². The molecule has 4 nitrogen and oxygen atoms in total. The number of nitrogens with two attached hydrogens (primary N) is 1.